The number of benzene rings is 1. The lowest BCUT2D eigenvalue weighted by Gasteiger charge is -2.09. The number of hydrogen-bond donors (Lipinski definition) is 1. The molecule has 0 aliphatic rings. The molecule has 0 bridgehead atoms. The van der Waals surface area contributed by atoms with Crippen LogP contribution in [0.1, 0.15) is 5.69 Å². The van der Waals surface area contributed by atoms with Gasteiger partial charge in [0.1, 0.15) is 5.65 Å². The maximum atomic E-state index is 12.3. The van der Waals surface area contributed by atoms with Gasteiger partial charge in [0.25, 0.3) is 5.56 Å². The van der Waals surface area contributed by atoms with Crippen molar-refractivity contribution < 1.29 is 9.47 Å². The number of rotatable bonds is 6. The minimum absolute atomic E-state index is 0.155. The van der Waals surface area contributed by atoms with E-state index in [4.69, 9.17) is 15.3 Å². The Kier molecular flexibility index (Phi) is 5.64. The van der Waals surface area contributed by atoms with Crippen LogP contribution in [-0.4, -0.2) is 38.5 Å². The summed E-state index contributed by atoms with van der Waals surface area (Å²) in [5, 5.41) is 8.85. The second-order valence-electron chi connectivity index (χ2n) is 6.20. The van der Waals surface area contributed by atoms with Gasteiger partial charge in [-0.1, -0.05) is 11.8 Å². The van der Waals surface area contributed by atoms with E-state index >= 15 is 0 Å². The fraction of sp³-hybridized carbons (Fsp3) is 0.158. The van der Waals surface area contributed by atoms with Crippen LogP contribution in [0.2, 0.25) is 0 Å². The highest BCUT2D eigenvalue weighted by Gasteiger charge is 2.15. The van der Waals surface area contributed by atoms with Crippen molar-refractivity contribution >= 4 is 33.3 Å². The SMILES string of the molecule is COc1ccc(-c2nnc(SCc3cc(=O)n4cc(Br)ccc4n3)n2N)cc1OC. The van der Waals surface area contributed by atoms with Gasteiger partial charge in [-0.2, -0.15) is 0 Å². The Morgan fingerprint density at radius 2 is 1.90 bits per heavy atom. The normalized spacial score (nSPS) is 11.0. The molecular formula is C19H17BrN6O3S. The van der Waals surface area contributed by atoms with Crippen molar-refractivity contribution in [2.24, 2.45) is 0 Å². The Balaban J connectivity index is 1.57. The fourth-order valence-electron chi connectivity index (χ4n) is 2.89. The van der Waals surface area contributed by atoms with E-state index in [0.29, 0.717) is 39.6 Å². The number of ether oxygens (including phenoxy) is 2. The van der Waals surface area contributed by atoms with E-state index in [0.717, 1.165) is 10.0 Å². The Hall–Kier alpha value is -3.05. The molecule has 0 amide bonds. The third kappa shape index (κ3) is 3.85. The summed E-state index contributed by atoms with van der Waals surface area (Å²) >= 11 is 4.70. The molecule has 9 nitrogen and oxygen atoms in total. The molecule has 3 aromatic heterocycles. The molecule has 0 saturated heterocycles. The Morgan fingerprint density at radius 3 is 2.67 bits per heavy atom. The van der Waals surface area contributed by atoms with Gasteiger partial charge in [0, 0.05) is 28.1 Å². The molecular weight excluding hydrogens is 472 g/mol. The molecule has 0 atom stereocenters. The predicted molar refractivity (Wildman–Crippen MR) is 117 cm³/mol. The van der Waals surface area contributed by atoms with Gasteiger partial charge in [-0.15, -0.1) is 10.2 Å². The molecule has 0 fully saturated rings. The van der Waals surface area contributed by atoms with Crippen LogP contribution in [0.4, 0.5) is 0 Å². The van der Waals surface area contributed by atoms with Gasteiger partial charge in [0.15, 0.2) is 17.3 Å². The van der Waals surface area contributed by atoms with Crippen LogP contribution in [0.5, 0.6) is 11.5 Å². The highest BCUT2D eigenvalue weighted by atomic mass is 79.9. The zero-order chi connectivity index (χ0) is 21.3. The Labute approximate surface area is 184 Å². The zero-order valence-corrected chi connectivity index (χ0v) is 18.5. The third-order valence-electron chi connectivity index (χ3n) is 4.33. The monoisotopic (exact) mass is 488 g/mol. The minimum atomic E-state index is -0.155. The molecule has 2 N–H and O–H groups in total. The molecule has 0 spiro atoms. The molecule has 4 aromatic rings. The number of thioether (sulfide) groups is 1. The predicted octanol–water partition coefficient (Wildman–Crippen LogP) is 2.74. The van der Waals surface area contributed by atoms with Crippen molar-refractivity contribution in [3.63, 3.8) is 0 Å². The van der Waals surface area contributed by atoms with Crippen LogP contribution in [0.25, 0.3) is 17.0 Å². The average molecular weight is 489 g/mol. The van der Waals surface area contributed by atoms with Crippen molar-refractivity contribution in [2.45, 2.75) is 10.9 Å². The molecule has 1 aromatic carbocycles. The van der Waals surface area contributed by atoms with Gasteiger partial charge in [-0.25, -0.2) is 9.66 Å². The summed E-state index contributed by atoms with van der Waals surface area (Å²) in [6, 6.07) is 10.5. The molecule has 0 radical (unpaired) electrons. The fourth-order valence-corrected chi connectivity index (χ4v) is 3.97. The first-order chi connectivity index (χ1) is 14.5. The van der Waals surface area contributed by atoms with E-state index in [1.54, 1.807) is 38.6 Å². The van der Waals surface area contributed by atoms with Crippen LogP contribution in [0.15, 0.2) is 57.0 Å². The number of nitrogens with two attached hydrogens (primary N) is 1. The van der Waals surface area contributed by atoms with Gasteiger partial charge in [-0.05, 0) is 46.3 Å². The summed E-state index contributed by atoms with van der Waals surface area (Å²) in [6.45, 7) is 0. The largest absolute Gasteiger partial charge is 0.493 e. The van der Waals surface area contributed by atoms with Crippen LogP contribution in [0.3, 0.4) is 0 Å². The van der Waals surface area contributed by atoms with Crippen molar-refractivity contribution in [1.82, 2.24) is 24.3 Å². The molecule has 11 heteroatoms. The second kappa shape index (κ2) is 8.36. The van der Waals surface area contributed by atoms with Crippen LogP contribution >= 0.6 is 27.7 Å². The van der Waals surface area contributed by atoms with Crippen molar-refractivity contribution in [2.75, 3.05) is 20.1 Å². The lowest BCUT2D eigenvalue weighted by Crippen LogP contribution is -2.15. The summed E-state index contributed by atoms with van der Waals surface area (Å²) in [7, 11) is 3.14. The van der Waals surface area contributed by atoms with Gasteiger partial charge >= 0.3 is 0 Å². The number of methoxy groups -OCH3 is 2. The highest BCUT2D eigenvalue weighted by Crippen LogP contribution is 2.32. The zero-order valence-electron chi connectivity index (χ0n) is 16.1. The number of aromatic nitrogens is 5. The van der Waals surface area contributed by atoms with Gasteiger partial charge < -0.3 is 15.3 Å². The first-order valence-corrected chi connectivity index (χ1v) is 10.5. The molecule has 0 unspecified atom stereocenters. The van der Waals surface area contributed by atoms with E-state index in [1.165, 1.54) is 26.9 Å². The lowest BCUT2D eigenvalue weighted by molar-refractivity contribution is 0.355. The van der Waals surface area contributed by atoms with E-state index in [-0.39, 0.29) is 5.56 Å². The molecule has 0 aliphatic heterocycles. The third-order valence-corrected chi connectivity index (χ3v) is 5.78. The number of fused-ring (bicyclic) bond motifs is 1. The number of hydrogen-bond acceptors (Lipinski definition) is 8. The lowest BCUT2D eigenvalue weighted by atomic mass is 10.2. The van der Waals surface area contributed by atoms with E-state index in [2.05, 4.69) is 31.1 Å². The quantitative estimate of drug-likeness (QED) is 0.325. The highest BCUT2D eigenvalue weighted by molar-refractivity contribution is 9.10. The van der Waals surface area contributed by atoms with Crippen LogP contribution in [0, 0.1) is 0 Å². The van der Waals surface area contributed by atoms with E-state index in [9.17, 15) is 4.79 Å². The first-order valence-electron chi connectivity index (χ1n) is 8.73. The summed E-state index contributed by atoms with van der Waals surface area (Å²) < 4.78 is 14.3. The van der Waals surface area contributed by atoms with Crippen molar-refractivity contribution in [3.8, 4) is 22.9 Å². The molecule has 0 aliphatic carbocycles. The second-order valence-corrected chi connectivity index (χ2v) is 8.05. The first kappa shape index (κ1) is 20.2. The molecule has 154 valence electrons. The molecule has 3 heterocycles. The van der Waals surface area contributed by atoms with Crippen LogP contribution < -0.4 is 20.9 Å². The van der Waals surface area contributed by atoms with E-state index in [1.807, 2.05) is 12.1 Å². The standard InChI is InChI=1S/C19H17BrN6O3S/c1-28-14-5-3-11(7-15(14)29-2)18-23-24-19(26(18)21)30-10-13-8-17(27)25-9-12(20)4-6-16(25)22-13/h3-9H,10,21H2,1-2H3. The maximum absolute atomic E-state index is 12.3. The van der Waals surface area contributed by atoms with Gasteiger partial charge in [-0.3, -0.25) is 9.20 Å². The summed E-state index contributed by atoms with van der Waals surface area (Å²) in [4.78, 5) is 16.9. The number of nitrogens with zero attached hydrogens (tertiary/aromatic N) is 5. The molecule has 0 saturated carbocycles. The number of halogens is 1. The summed E-state index contributed by atoms with van der Waals surface area (Å²) in [5.74, 6) is 8.29. The number of nitrogen functional groups attached to an aromatic ring is 1. The van der Waals surface area contributed by atoms with Crippen molar-refractivity contribution in [3.05, 3.63) is 63.1 Å². The summed E-state index contributed by atoms with van der Waals surface area (Å²) in [6.07, 6.45) is 1.69. The summed E-state index contributed by atoms with van der Waals surface area (Å²) in [5.41, 5.74) is 1.78. The Bertz CT molecular complexity index is 1290. The maximum Gasteiger partial charge on any atom is 0.258 e. The van der Waals surface area contributed by atoms with Gasteiger partial charge in [0.2, 0.25) is 5.16 Å². The van der Waals surface area contributed by atoms with Crippen molar-refractivity contribution in [1.29, 1.82) is 0 Å². The number of pyridine rings is 1. The van der Waals surface area contributed by atoms with E-state index < -0.39 is 0 Å². The van der Waals surface area contributed by atoms with Gasteiger partial charge in [0.05, 0.1) is 19.9 Å². The topological polar surface area (TPSA) is 110 Å². The smallest absolute Gasteiger partial charge is 0.258 e. The molecule has 4 rings (SSSR count). The average Bonchev–Trinajstić information content (AvgIpc) is 3.12. The Morgan fingerprint density at radius 1 is 1.10 bits per heavy atom. The molecule has 30 heavy (non-hydrogen) atoms. The van der Waals surface area contributed by atoms with Crippen LogP contribution in [-0.2, 0) is 5.75 Å². The minimum Gasteiger partial charge on any atom is -0.493 e.